The second-order valence-corrected chi connectivity index (χ2v) is 5.77. The van der Waals surface area contributed by atoms with Gasteiger partial charge in [0.15, 0.2) is 0 Å². The Balaban J connectivity index is 2.08. The van der Waals surface area contributed by atoms with Crippen molar-refractivity contribution < 1.29 is 9.90 Å². The molecule has 116 valence electrons. The molecule has 0 aliphatic carbocycles. The predicted molar refractivity (Wildman–Crippen MR) is 89.7 cm³/mol. The number of hydrogen-bond donors (Lipinski definition) is 2. The molecule has 1 atom stereocenters. The molecule has 0 bridgehead atoms. The molecular formula is C19H23NO2. The minimum atomic E-state index is -0.385. The highest BCUT2D eigenvalue weighted by Gasteiger charge is 2.13. The van der Waals surface area contributed by atoms with E-state index in [0.717, 1.165) is 11.1 Å². The average molecular weight is 297 g/mol. The van der Waals surface area contributed by atoms with Crippen molar-refractivity contribution >= 4 is 5.91 Å². The van der Waals surface area contributed by atoms with Gasteiger partial charge in [0.1, 0.15) is 0 Å². The normalized spacial score (nSPS) is 12.2. The van der Waals surface area contributed by atoms with Crippen molar-refractivity contribution in [3.8, 4) is 11.1 Å². The number of benzene rings is 2. The number of nitrogens with one attached hydrogen (secondary N) is 1. The van der Waals surface area contributed by atoms with Crippen LogP contribution >= 0.6 is 0 Å². The molecule has 0 spiro atoms. The number of carbonyl (C=O) groups is 1. The lowest BCUT2D eigenvalue weighted by atomic mass is 9.99. The van der Waals surface area contributed by atoms with Crippen molar-refractivity contribution in [1.29, 1.82) is 0 Å². The van der Waals surface area contributed by atoms with Gasteiger partial charge < -0.3 is 10.4 Å². The summed E-state index contributed by atoms with van der Waals surface area (Å²) in [6, 6.07) is 17.4. The molecule has 2 N–H and O–H groups in total. The molecule has 0 aliphatic heterocycles. The van der Waals surface area contributed by atoms with Crippen molar-refractivity contribution in [1.82, 2.24) is 5.32 Å². The molecule has 1 amide bonds. The summed E-state index contributed by atoms with van der Waals surface area (Å²) in [5.41, 5.74) is 2.60. The van der Waals surface area contributed by atoms with Crippen LogP contribution in [0.15, 0.2) is 54.6 Å². The molecule has 0 aliphatic rings. The van der Waals surface area contributed by atoms with Crippen LogP contribution in [-0.2, 0) is 0 Å². The summed E-state index contributed by atoms with van der Waals surface area (Å²) in [5.74, 6) is 0.101. The summed E-state index contributed by atoms with van der Waals surface area (Å²) in [7, 11) is 0. The zero-order chi connectivity index (χ0) is 15.9. The van der Waals surface area contributed by atoms with E-state index in [1.807, 2.05) is 68.4 Å². The molecular weight excluding hydrogens is 274 g/mol. The third kappa shape index (κ3) is 4.18. The molecule has 0 aromatic heterocycles. The molecule has 1 unspecified atom stereocenters. The van der Waals surface area contributed by atoms with E-state index >= 15 is 0 Å². The van der Waals surface area contributed by atoms with Crippen LogP contribution < -0.4 is 5.32 Å². The molecule has 2 aromatic rings. The second kappa shape index (κ2) is 7.76. The van der Waals surface area contributed by atoms with E-state index in [1.54, 1.807) is 0 Å². The zero-order valence-electron chi connectivity index (χ0n) is 13.1. The Hall–Kier alpha value is -2.13. The van der Waals surface area contributed by atoms with E-state index < -0.39 is 0 Å². The highest BCUT2D eigenvalue weighted by Crippen LogP contribution is 2.23. The summed E-state index contributed by atoms with van der Waals surface area (Å²) >= 11 is 0. The number of aliphatic hydroxyl groups is 1. The molecule has 22 heavy (non-hydrogen) atoms. The van der Waals surface area contributed by atoms with E-state index in [2.05, 4.69) is 5.32 Å². The molecule has 0 saturated heterocycles. The van der Waals surface area contributed by atoms with Crippen molar-refractivity contribution in [2.24, 2.45) is 5.92 Å². The maximum atomic E-state index is 12.4. The first-order valence-electron chi connectivity index (χ1n) is 7.70. The van der Waals surface area contributed by atoms with Crippen molar-refractivity contribution in [3.05, 3.63) is 60.2 Å². The Morgan fingerprint density at radius 1 is 1.05 bits per heavy atom. The highest BCUT2D eigenvalue weighted by molar-refractivity contribution is 6.00. The lowest BCUT2D eigenvalue weighted by Gasteiger charge is -2.15. The van der Waals surface area contributed by atoms with Gasteiger partial charge in [-0.2, -0.15) is 0 Å². The third-order valence-corrected chi connectivity index (χ3v) is 3.75. The highest BCUT2D eigenvalue weighted by atomic mass is 16.3. The van der Waals surface area contributed by atoms with E-state index in [1.165, 1.54) is 0 Å². The standard InChI is InChI=1S/C19H23NO2/c1-14(2)18(21)12-13-20-19(22)17-11-7-6-10-16(17)15-8-4-3-5-9-15/h3-11,14,18,21H,12-13H2,1-2H3,(H,20,22). The van der Waals surface area contributed by atoms with Crippen molar-refractivity contribution in [3.63, 3.8) is 0 Å². The minimum absolute atomic E-state index is 0.101. The van der Waals surface area contributed by atoms with Gasteiger partial charge in [-0.3, -0.25) is 4.79 Å². The molecule has 3 heteroatoms. The quantitative estimate of drug-likeness (QED) is 0.857. The van der Waals surface area contributed by atoms with E-state index in [0.29, 0.717) is 18.5 Å². The zero-order valence-corrected chi connectivity index (χ0v) is 13.1. The van der Waals surface area contributed by atoms with Crippen LogP contribution in [-0.4, -0.2) is 23.7 Å². The molecule has 3 nitrogen and oxygen atoms in total. The molecule has 0 saturated carbocycles. The molecule has 0 radical (unpaired) electrons. The van der Waals surface area contributed by atoms with Gasteiger partial charge in [0, 0.05) is 12.1 Å². The number of hydrogen-bond acceptors (Lipinski definition) is 2. The first kappa shape index (κ1) is 16.2. The van der Waals surface area contributed by atoms with Gasteiger partial charge in [-0.05, 0) is 29.5 Å². The molecule has 2 rings (SSSR count). The van der Waals surface area contributed by atoms with Gasteiger partial charge in [-0.1, -0.05) is 62.4 Å². The van der Waals surface area contributed by atoms with Gasteiger partial charge in [0.25, 0.3) is 5.91 Å². The van der Waals surface area contributed by atoms with Gasteiger partial charge in [0.2, 0.25) is 0 Å². The van der Waals surface area contributed by atoms with Crippen LogP contribution in [0, 0.1) is 5.92 Å². The number of rotatable bonds is 6. The first-order valence-corrected chi connectivity index (χ1v) is 7.70. The van der Waals surface area contributed by atoms with Gasteiger partial charge in [-0.15, -0.1) is 0 Å². The van der Waals surface area contributed by atoms with Crippen LogP contribution in [0.3, 0.4) is 0 Å². The Labute approximate surface area is 132 Å². The summed E-state index contributed by atoms with van der Waals surface area (Å²) in [6.07, 6.45) is 0.182. The minimum Gasteiger partial charge on any atom is -0.393 e. The van der Waals surface area contributed by atoms with Gasteiger partial charge in [0.05, 0.1) is 6.10 Å². The van der Waals surface area contributed by atoms with E-state index in [-0.39, 0.29) is 17.9 Å². The van der Waals surface area contributed by atoms with E-state index in [4.69, 9.17) is 0 Å². The van der Waals surface area contributed by atoms with Crippen LogP contribution in [0.25, 0.3) is 11.1 Å². The van der Waals surface area contributed by atoms with Crippen LogP contribution in [0.4, 0.5) is 0 Å². The average Bonchev–Trinajstić information content (AvgIpc) is 2.55. The topological polar surface area (TPSA) is 49.3 Å². The number of aliphatic hydroxyl groups excluding tert-OH is 1. The molecule has 2 aromatic carbocycles. The summed E-state index contributed by atoms with van der Waals surface area (Å²) < 4.78 is 0. The fraction of sp³-hybridized carbons (Fsp3) is 0.316. The molecule has 0 heterocycles. The van der Waals surface area contributed by atoms with E-state index in [9.17, 15) is 9.90 Å². The lowest BCUT2D eigenvalue weighted by molar-refractivity contribution is 0.0921. The Morgan fingerprint density at radius 3 is 2.36 bits per heavy atom. The number of amides is 1. The van der Waals surface area contributed by atoms with Gasteiger partial charge >= 0.3 is 0 Å². The summed E-state index contributed by atoms with van der Waals surface area (Å²) in [5, 5.41) is 12.7. The monoisotopic (exact) mass is 297 g/mol. The largest absolute Gasteiger partial charge is 0.393 e. The second-order valence-electron chi connectivity index (χ2n) is 5.77. The maximum absolute atomic E-state index is 12.4. The lowest BCUT2D eigenvalue weighted by Crippen LogP contribution is -2.29. The molecule has 0 fully saturated rings. The SMILES string of the molecule is CC(C)C(O)CCNC(=O)c1ccccc1-c1ccccc1. The van der Waals surface area contributed by atoms with Crippen LogP contribution in [0.1, 0.15) is 30.6 Å². The Kier molecular flexibility index (Phi) is 5.73. The van der Waals surface area contributed by atoms with Gasteiger partial charge in [-0.25, -0.2) is 0 Å². The van der Waals surface area contributed by atoms with Crippen LogP contribution in [0.2, 0.25) is 0 Å². The number of carbonyl (C=O) groups excluding carboxylic acids is 1. The summed E-state index contributed by atoms with van der Waals surface area (Å²) in [4.78, 5) is 12.4. The van der Waals surface area contributed by atoms with Crippen molar-refractivity contribution in [2.75, 3.05) is 6.54 Å². The van der Waals surface area contributed by atoms with Crippen LogP contribution in [0.5, 0.6) is 0 Å². The summed E-state index contributed by atoms with van der Waals surface area (Å²) in [6.45, 7) is 4.41. The fourth-order valence-electron chi connectivity index (χ4n) is 2.31. The third-order valence-electron chi connectivity index (χ3n) is 3.75. The smallest absolute Gasteiger partial charge is 0.251 e. The maximum Gasteiger partial charge on any atom is 0.251 e. The fourth-order valence-corrected chi connectivity index (χ4v) is 2.31. The Morgan fingerprint density at radius 2 is 1.68 bits per heavy atom. The van der Waals surface area contributed by atoms with Crippen molar-refractivity contribution in [2.45, 2.75) is 26.4 Å². The first-order chi connectivity index (χ1) is 10.6. The predicted octanol–water partition coefficient (Wildman–Crippen LogP) is 3.49. The Bertz CT molecular complexity index is 608.